The van der Waals surface area contributed by atoms with Crippen LogP contribution in [-0.2, 0) is 11.2 Å². The Morgan fingerprint density at radius 1 is 1.23 bits per heavy atom. The summed E-state index contributed by atoms with van der Waals surface area (Å²) in [4.78, 5) is 32.6. The third-order valence-electron chi connectivity index (χ3n) is 3.87. The number of nitrogens with zero attached hydrogens (tertiary/aromatic N) is 4. The highest BCUT2D eigenvalue weighted by Gasteiger charge is 2.13. The number of nitro groups is 1. The Hall–Kier alpha value is -3.09. The van der Waals surface area contributed by atoms with Crippen LogP contribution in [0, 0.1) is 10.1 Å². The van der Waals surface area contributed by atoms with E-state index in [1.807, 2.05) is 17.5 Å². The third-order valence-corrected chi connectivity index (χ3v) is 6.35. The van der Waals surface area contributed by atoms with Gasteiger partial charge in [-0.3, -0.25) is 20.0 Å². The maximum atomic E-state index is 12.2. The second-order valence-electron chi connectivity index (χ2n) is 6.00. The van der Waals surface area contributed by atoms with Crippen molar-refractivity contribution in [2.45, 2.75) is 11.6 Å². The smallest absolute Gasteiger partial charge is 0.270 e. The summed E-state index contributed by atoms with van der Waals surface area (Å²) in [5.41, 5.74) is 1.18. The molecule has 0 radical (unpaired) electrons. The predicted molar refractivity (Wildman–Crippen MR) is 117 cm³/mol. The average molecular weight is 459 g/mol. The molecule has 1 aromatic carbocycles. The van der Waals surface area contributed by atoms with E-state index in [4.69, 9.17) is 0 Å². The SMILES string of the molecule is O=C(CSc1n[nH]c(Cc2cccs2)n1)Nc1nc(-c2cccc([N+](=O)[O-])c2)cs1. The number of aromatic nitrogens is 4. The Morgan fingerprint density at radius 2 is 2.13 bits per heavy atom. The van der Waals surface area contributed by atoms with Crippen molar-refractivity contribution in [1.82, 2.24) is 20.2 Å². The van der Waals surface area contributed by atoms with Gasteiger partial charge in [0.05, 0.1) is 16.4 Å². The lowest BCUT2D eigenvalue weighted by Gasteiger charge is -2.00. The molecule has 3 aromatic heterocycles. The minimum atomic E-state index is -0.454. The van der Waals surface area contributed by atoms with Crippen molar-refractivity contribution in [3.05, 3.63) is 68.0 Å². The Kier molecular flexibility index (Phi) is 6.16. The van der Waals surface area contributed by atoms with Gasteiger partial charge in [0.15, 0.2) is 5.13 Å². The molecule has 4 rings (SSSR count). The number of aromatic amines is 1. The number of thiophene rings is 1. The predicted octanol–water partition coefficient (Wildman–Crippen LogP) is 4.22. The molecule has 12 heteroatoms. The number of amides is 1. The lowest BCUT2D eigenvalue weighted by Crippen LogP contribution is -2.13. The number of anilines is 1. The molecule has 9 nitrogen and oxygen atoms in total. The molecule has 152 valence electrons. The molecule has 0 bridgehead atoms. The number of nitrogens with one attached hydrogen (secondary N) is 2. The Bertz CT molecular complexity index is 1170. The highest BCUT2D eigenvalue weighted by molar-refractivity contribution is 7.99. The summed E-state index contributed by atoms with van der Waals surface area (Å²) in [6.07, 6.45) is 0.678. The molecule has 0 aliphatic heterocycles. The summed E-state index contributed by atoms with van der Waals surface area (Å²) in [6.45, 7) is 0. The Morgan fingerprint density at radius 3 is 2.93 bits per heavy atom. The fourth-order valence-corrected chi connectivity index (χ4v) is 4.59. The second-order valence-corrected chi connectivity index (χ2v) is 8.84. The van der Waals surface area contributed by atoms with Gasteiger partial charge >= 0.3 is 0 Å². The van der Waals surface area contributed by atoms with Crippen LogP contribution >= 0.6 is 34.4 Å². The summed E-state index contributed by atoms with van der Waals surface area (Å²) >= 11 is 4.14. The first-order chi connectivity index (χ1) is 14.6. The van der Waals surface area contributed by atoms with E-state index in [9.17, 15) is 14.9 Å². The molecule has 0 saturated heterocycles. The van der Waals surface area contributed by atoms with Gasteiger partial charge in [-0.1, -0.05) is 30.0 Å². The van der Waals surface area contributed by atoms with Gasteiger partial charge in [-0.15, -0.1) is 27.8 Å². The summed E-state index contributed by atoms with van der Waals surface area (Å²) in [5, 5.41) is 25.4. The molecule has 0 saturated carbocycles. The number of H-pyrrole nitrogens is 1. The number of thiazole rings is 1. The van der Waals surface area contributed by atoms with Crippen molar-refractivity contribution < 1.29 is 9.72 Å². The molecule has 2 N–H and O–H groups in total. The summed E-state index contributed by atoms with van der Waals surface area (Å²) in [6, 6.07) is 10.2. The van der Waals surface area contributed by atoms with Gasteiger partial charge in [0, 0.05) is 34.4 Å². The molecule has 0 atom stereocenters. The zero-order chi connectivity index (χ0) is 20.9. The number of hydrogen-bond donors (Lipinski definition) is 2. The van der Waals surface area contributed by atoms with Crippen LogP contribution in [0.1, 0.15) is 10.7 Å². The number of hydrogen-bond acceptors (Lipinski definition) is 9. The van der Waals surface area contributed by atoms with Crippen molar-refractivity contribution in [1.29, 1.82) is 0 Å². The molecular weight excluding hydrogens is 444 g/mol. The maximum Gasteiger partial charge on any atom is 0.270 e. The topological polar surface area (TPSA) is 127 Å². The quantitative estimate of drug-likeness (QED) is 0.230. The second kappa shape index (κ2) is 9.15. The first-order valence-corrected chi connectivity index (χ1v) is 11.4. The van der Waals surface area contributed by atoms with Gasteiger partial charge in [0.25, 0.3) is 5.69 Å². The molecule has 0 unspecified atom stereocenters. The molecule has 3 heterocycles. The van der Waals surface area contributed by atoms with E-state index in [-0.39, 0.29) is 17.3 Å². The van der Waals surface area contributed by atoms with Crippen molar-refractivity contribution in [3.8, 4) is 11.3 Å². The van der Waals surface area contributed by atoms with Crippen molar-refractivity contribution >= 4 is 51.2 Å². The summed E-state index contributed by atoms with van der Waals surface area (Å²) in [5.74, 6) is 0.661. The number of benzene rings is 1. The van der Waals surface area contributed by atoms with Gasteiger partial charge in [0.1, 0.15) is 5.82 Å². The van der Waals surface area contributed by atoms with Crippen molar-refractivity contribution in [2.24, 2.45) is 0 Å². The molecule has 0 fully saturated rings. The Labute approximate surface area is 182 Å². The normalized spacial score (nSPS) is 10.8. The lowest BCUT2D eigenvalue weighted by molar-refractivity contribution is -0.384. The van der Waals surface area contributed by atoms with E-state index in [1.165, 1.54) is 40.1 Å². The maximum absolute atomic E-state index is 12.2. The minimum Gasteiger partial charge on any atom is -0.301 e. The average Bonchev–Trinajstić information content (AvgIpc) is 3.49. The largest absolute Gasteiger partial charge is 0.301 e. The summed E-state index contributed by atoms with van der Waals surface area (Å²) in [7, 11) is 0. The van der Waals surface area contributed by atoms with Crippen LogP contribution in [0.5, 0.6) is 0 Å². The number of nitro benzene ring substituents is 1. The number of rotatable bonds is 8. The highest BCUT2D eigenvalue weighted by atomic mass is 32.2. The summed E-state index contributed by atoms with van der Waals surface area (Å²) < 4.78 is 0. The van der Waals surface area contributed by atoms with Crippen LogP contribution in [0.4, 0.5) is 10.8 Å². The first kappa shape index (κ1) is 20.2. The van der Waals surface area contributed by atoms with E-state index in [0.717, 1.165) is 5.82 Å². The standard InChI is InChI=1S/C18H14N6O3S3/c25-16(10-30-18-20-15(22-23-18)8-13-5-2-6-28-13)21-17-19-14(9-29-17)11-3-1-4-12(7-11)24(26)27/h1-7,9H,8,10H2,(H,19,21,25)(H,20,22,23). The Balaban J connectivity index is 1.31. The molecule has 4 aromatic rings. The molecule has 0 aliphatic rings. The van der Waals surface area contributed by atoms with Gasteiger partial charge in [-0.05, 0) is 11.4 Å². The lowest BCUT2D eigenvalue weighted by atomic mass is 10.1. The van der Waals surface area contributed by atoms with E-state index < -0.39 is 4.92 Å². The number of non-ortho nitro benzene ring substituents is 1. The van der Waals surface area contributed by atoms with Gasteiger partial charge in [0.2, 0.25) is 11.1 Å². The first-order valence-electron chi connectivity index (χ1n) is 8.63. The molecule has 0 aliphatic carbocycles. The monoisotopic (exact) mass is 458 g/mol. The molecule has 1 amide bonds. The molecule has 30 heavy (non-hydrogen) atoms. The van der Waals surface area contributed by atoms with Gasteiger partial charge in [-0.2, -0.15) is 0 Å². The van der Waals surface area contributed by atoms with Crippen LogP contribution in [0.25, 0.3) is 11.3 Å². The molecule has 0 spiro atoms. The van der Waals surface area contributed by atoms with Gasteiger partial charge in [-0.25, -0.2) is 9.97 Å². The third kappa shape index (κ3) is 5.09. The van der Waals surface area contributed by atoms with Crippen LogP contribution < -0.4 is 5.32 Å². The fourth-order valence-electron chi connectivity index (χ4n) is 2.53. The van der Waals surface area contributed by atoms with Crippen LogP contribution in [0.3, 0.4) is 0 Å². The minimum absolute atomic E-state index is 0.00700. The van der Waals surface area contributed by atoms with E-state index in [2.05, 4.69) is 25.5 Å². The zero-order valence-corrected chi connectivity index (χ0v) is 17.7. The number of carbonyl (C=O) groups excluding carboxylic acids is 1. The van der Waals surface area contributed by atoms with Crippen LogP contribution in [0.15, 0.2) is 52.3 Å². The van der Waals surface area contributed by atoms with Gasteiger partial charge < -0.3 is 5.32 Å². The zero-order valence-electron chi connectivity index (χ0n) is 15.3. The number of carbonyl (C=O) groups is 1. The number of thioether (sulfide) groups is 1. The highest BCUT2D eigenvalue weighted by Crippen LogP contribution is 2.27. The van der Waals surface area contributed by atoms with E-state index >= 15 is 0 Å². The van der Waals surface area contributed by atoms with E-state index in [1.54, 1.807) is 28.8 Å². The van der Waals surface area contributed by atoms with E-state index in [0.29, 0.717) is 28.0 Å². The molecular formula is C18H14N6O3S3. The van der Waals surface area contributed by atoms with Crippen molar-refractivity contribution in [2.75, 3.05) is 11.1 Å². The van der Waals surface area contributed by atoms with Crippen molar-refractivity contribution in [3.63, 3.8) is 0 Å². The fraction of sp³-hybridized carbons (Fsp3) is 0.111. The van der Waals surface area contributed by atoms with Crippen LogP contribution in [0.2, 0.25) is 0 Å². The van der Waals surface area contributed by atoms with Crippen LogP contribution in [-0.4, -0.2) is 36.7 Å².